The molecule has 2 aromatic rings. The van der Waals surface area contributed by atoms with Gasteiger partial charge >= 0.3 is 5.97 Å². The second kappa shape index (κ2) is 5.86. The lowest BCUT2D eigenvalue weighted by Gasteiger charge is -2.08. The van der Waals surface area contributed by atoms with E-state index < -0.39 is 5.97 Å². The van der Waals surface area contributed by atoms with E-state index in [1.54, 1.807) is 31.5 Å². The standard InChI is InChI=1S/C14H14N2O3/c1-19-13-7-10(5-6-15-13)9-16-12-4-2-3-11(8-12)14(17)18/h2-8,16H,9H2,1H3,(H,17,18). The van der Waals surface area contributed by atoms with E-state index in [0.29, 0.717) is 12.4 Å². The van der Waals surface area contributed by atoms with Gasteiger partial charge in [-0.05, 0) is 29.8 Å². The maximum atomic E-state index is 10.9. The molecule has 19 heavy (non-hydrogen) atoms. The number of anilines is 1. The zero-order valence-electron chi connectivity index (χ0n) is 10.5. The van der Waals surface area contributed by atoms with E-state index in [0.717, 1.165) is 11.3 Å². The maximum Gasteiger partial charge on any atom is 0.335 e. The van der Waals surface area contributed by atoms with Gasteiger partial charge in [0.05, 0.1) is 12.7 Å². The van der Waals surface area contributed by atoms with Crippen molar-refractivity contribution in [2.24, 2.45) is 0 Å². The Bertz CT molecular complexity index is 584. The topological polar surface area (TPSA) is 71.5 Å². The average Bonchev–Trinajstić information content (AvgIpc) is 2.45. The lowest BCUT2D eigenvalue weighted by atomic mass is 10.2. The second-order valence-electron chi connectivity index (χ2n) is 3.95. The Kier molecular flexibility index (Phi) is 3.97. The summed E-state index contributed by atoms with van der Waals surface area (Å²) in [6.45, 7) is 0.571. The molecule has 0 amide bonds. The van der Waals surface area contributed by atoms with Gasteiger partial charge in [0.2, 0.25) is 5.88 Å². The van der Waals surface area contributed by atoms with Gasteiger partial charge in [-0.3, -0.25) is 0 Å². The van der Waals surface area contributed by atoms with Crippen LogP contribution in [0.25, 0.3) is 0 Å². The van der Waals surface area contributed by atoms with Gasteiger partial charge in [0, 0.05) is 24.5 Å². The van der Waals surface area contributed by atoms with Crippen LogP contribution in [-0.4, -0.2) is 23.2 Å². The number of carbonyl (C=O) groups is 1. The summed E-state index contributed by atoms with van der Waals surface area (Å²) in [5, 5.41) is 12.1. The molecule has 0 aliphatic rings. The van der Waals surface area contributed by atoms with E-state index in [4.69, 9.17) is 9.84 Å². The molecule has 0 atom stereocenters. The zero-order valence-corrected chi connectivity index (χ0v) is 10.5. The van der Waals surface area contributed by atoms with Crippen molar-refractivity contribution in [1.29, 1.82) is 0 Å². The Morgan fingerprint density at radius 3 is 2.95 bits per heavy atom. The van der Waals surface area contributed by atoms with Gasteiger partial charge in [-0.2, -0.15) is 0 Å². The first-order chi connectivity index (χ1) is 9.19. The fraction of sp³-hybridized carbons (Fsp3) is 0.143. The van der Waals surface area contributed by atoms with Gasteiger partial charge in [0.25, 0.3) is 0 Å². The lowest BCUT2D eigenvalue weighted by molar-refractivity contribution is 0.0697. The molecule has 0 saturated heterocycles. The molecule has 0 fully saturated rings. The third-order valence-corrected chi connectivity index (χ3v) is 2.61. The molecule has 0 saturated carbocycles. The van der Waals surface area contributed by atoms with E-state index in [2.05, 4.69) is 10.3 Å². The number of methoxy groups -OCH3 is 1. The highest BCUT2D eigenvalue weighted by molar-refractivity contribution is 5.88. The van der Waals surface area contributed by atoms with Crippen molar-refractivity contribution in [2.75, 3.05) is 12.4 Å². The number of hydrogen-bond donors (Lipinski definition) is 2. The van der Waals surface area contributed by atoms with Crippen molar-refractivity contribution < 1.29 is 14.6 Å². The van der Waals surface area contributed by atoms with Gasteiger partial charge in [-0.1, -0.05) is 6.07 Å². The minimum Gasteiger partial charge on any atom is -0.481 e. The molecule has 0 aliphatic heterocycles. The Labute approximate surface area is 110 Å². The number of ether oxygens (including phenoxy) is 1. The monoisotopic (exact) mass is 258 g/mol. The van der Waals surface area contributed by atoms with Crippen molar-refractivity contribution in [3.05, 3.63) is 53.7 Å². The molecule has 0 aliphatic carbocycles. The molecule has 1 aromatic heterocycles. The van der Waals surface area contributed by atoms with Crippen molar-refractivity contribution in [1.82, 2.24) is 4.98 Å². The third-order valence-electron chi connectivity index (χ3n) is 2.61. The summed E-state index contributed by atoms with van der Waals surface area (Å²) in [4.78, 5) is 14.9. The summed E-state index contributed by atoms with van der Waals surface area (Å²) in [6, 6.07) is 10.4. The molecular weight excluding hydrogens is 244 g/mol. The molecule has 0 unspecified atom stereocenters. The van der Waals surface area contributed by atoms with Crippen molar-refractivity contribution >= 4 is 11.7 Å². The van der Waals surface area contributed by atoms with Crippen LogP contribution in [0.1, 0.15) is 15.9 Å². The molecule has 2 rings (SSSR count). The number of carboxylic acid groups (broad SMARTS) is 1. The Balaban J connectivity index is 2.05. The van der Waals surface area contributed by atoms with Crippen LogP contribution in [0.4, 0.5) is 5.69 Å². The molecule has 5 heteroatoms. The quantitative estimate of drug-likeness (QED) is 0.861. The number of rotatable bonds is 5. The van der Waals surface area contributed by atoms with Crippen LogP contribution in [0.5, 0.6) is 5.88 Å². The number of hydrogen-bond acceptors (Lipinski definition) is 4. The Hall–Kier alpha value is -2.56. The molecule has 0 spiro atoms. The molecule has 98 valence electrons. The number of nitrogens with zero attached hydrogens (tertiary/aromatic N) is 1. The summed E-state index contributed by atoms with van der Waals surface area (Å²) in [6.07, 6.45) is 1.67. The molecule has 0 radical (unpaired) electrons. The minimum atomic E-state index is -0.936. The van der Waals surface area contributed by atoms with E-state index in [-0.39, 0.29) is 5.56 Å². The molecule has 1 aromatic carbocycles. The fourth-order valence-corrected chi connectivity index (χ4v) is 1.64. The number of aromatic nitrogens is 1. The number of benzene rings is 1. The molecule has 0 bridgehead atoms. The largest absolute Gasteiger partial charge is 0.481 e. The number of pyridine rings is 1. The predicted octanol–water partition coefficient (Wildman–Crippen LogP) is 2.40. The first-order valence-corrected chi connectivity index (χ1v) is 5.75. The van der Waals surface area contributed by atoms with Crippen molar-refractivity contribution in [3.63, 3.8) is 0 Å². The number of carboxylic acids is 1. The Morgan fingerprint density at radius 2 is 2.21 bits per heavy atom. The van der Waals surface area contributed by atoms with Gasteiger partial charge in [0.1, 0.15) is 0 Å². The van der Waals surface area contributed by atoms with Crippen molar-refractivity contribution in [2.45, 2.75) is 6.54 Å². The van der Waals surface area contributed by atoms with Crippen LogP contribution in [-0.2, 0) is 6.54 Å². The van der Waals surface area contributed by atoms with Crippen LogP contribution >= 0.6 is 0 Å². The summed E-state index contributed by atoms with van der Waals surface area (Å²) in [7, 11) is 1.57. The normalized spacial score (nSPS) is 9.95. The van der Waals surface area contributed by atoms with Crippen LogP contribution in [0.3, 0.4) is 0 Å². The Morgan fingerprint density at radius 1 is 1.37 bits per heavy atom. The van der Waals surface area contributed by atoms with Gasteiger partial charge in [0.15, 0.2) is 0 Å². The average molecular weight is 258 g/mol. The van der Waals surface area contributed by atoms with Crippen LogP contribution in [0.2, 0.25) is 0 Å². The highest BCUT2D eigenvalue weighted by Gasteiger charge is 2.03. The van der Waals surface area contributed by atoms with Gasteiger partial charge < -0.3 is 15.2 Å². The summed E-state index contributed by atoms with van der Waals surface area (Å²) < 4.78 is 5.04. The lowest BCUT2D eigenvalue weighted by Crippen LogP contribution is -2.02. The minimum absolute atomic E-state index is 0.261. The SMILES string of the molecule is COc1cc(CNc2cccc(C(=O)O)c2)ccn1. The van der Waals surface area contributed by atoms with E-state index in [9.17, 15) is 4.79 Å². The van der Waals surface area contributed by atoms with Crippen LogP contribution in [0.15, 0.2) is 42.6 Å². The third kappa shape index (κ3) is 3.45. The molecule has 1 heterocycles. The molecular formula is C14H14N2O3. The van der Waals surface area contributed by atoms with Crippen molar-refractivity contribution in [3.8, 4) is 5.88 Å². The first kappa shape index (κ1) is 12.9. The van der Waals surface area contributed by atoms with Gasteiger partial charge in [-0.25, -0.2) is 9.78 Å². The first-order valence-electron chi connectivity index (χ1n) is 5.75. The predicted molar refractivity (Wildman–Crippen MR) is 71.5 cm³/mol. The van der Waals surface area contributed by atoms with Gasteiger partial charge in [-0.15, -0.1) is 0 Å². The highest BCUT2D eigenvalue weighted by atomic mass is 16.5. The zero-order chi connectivity index (χ0) is 13.7. The highest BCUT2D eigenvalue weighted by Crippen LogP contribution is 2.14. The second-order valence-corrected chi connectivity index (χ2v) is 3.95. The summed E-state index contributed by atoms with van der Waals surface area (Å²) in [5.74, 6) is -0.382. The fourth-order valence-electron chi connectivity index (χ4n) is 1.64. The smallest absolute Gasteiger partial charge is 0.335 e. The number of nitrogens with one attached hydrogen (secondary N) is 1. The summed E-state index contributed by atoms with van der Waals surface area (Å²) in [5.41, 5.74) is 2.03. The van der Waals surface area contributed by atoms with E-state index >= 15 is 0 Å². The maximum absolute atomic E-state index is 10.9. The van der Waals surface area contributed by atoms with Crippen LogP contribution in [0, 0.1) is 0 Å². The van der Waals surface area contributed by atoms with Crippen LogP contribution < -0.4 is 10.1 Å². The van der Waals surface area contributed by atoms with E-state index in [1.165, 1.54) is 0 Å². The molecule has 5 nitrogen and oxygen atoms in total. The number of aromatic carboxylic acids is 1. The molecule has 2 N–H and O–H groups in total. The summed E-state index contributed by atoms with van der Waals surface area (Å²) >= 11 is 0. The van der Waals surface area contributed by atoms with E-state index in [1.807, 2.05) is 18.2 Å².